The monoisotopic (exact) mass is 259 g/mol. The van der Waals surface area contributed by atoms with Gasteiger partial charge in [0.25, 0.3) is 0 Å². The number of carbonyl (C=O) groups excluding carboxylic acids is 1. The number of nitrogens with zero attached hydrogens (tertiary/aromatic N) is 1. The SMILES string of the molecule is COC(=O)C(Cc1c[nH]cn1)NCc1ccccc1. The number of methoxy groups -OCH3 is 1. The van der Waals surface area contributed by atoms with Crippen LogP contribution < -0.4 is 5.32 Å². The first-order valence-corrected chi connectivity index (χ1v) is 6.12. The van der Waals surface area contributed by atoms with Gasteiger partial charge in [0.15, 0.2) is 0 Å². The van der Waals surface area contributed by atoms with E-state index in [1.165, 1.54) is 7.11 Å². The van der Waals surface area contributed by atoms with Crippen molar-refractivity contribution >= 4 is 5.97 Å². The van der Waals surface area contributed by atoms with Gasteiger partial charge in [-0.05, 0) is 5.56 Å². The minimum Gasteiger partial charge on any atom is -0.468 e. The van der Waals surface area contributed by atoms with E-state index in [0.717, 1.165) is 11.3 Å². The summed E-state index contributed by atoms with van der Waals surface area (Å²) >= 11 is 0. The molecule has 0 aliphatic rings. The minimum absolute atomic E-state index is 0.279. The third kappa shape index (κ3) is 3.93. The summed E-state index contributed by atoms with van der Waals surface area (Å²) in [5.74, 6) is -0.279. The first-order valence-electron chi connectivity index (χ1n) is 6.12. The second kappa shape index (κ2) is 6.70. The topological polar surface area (TPSA) is 67.0 Å². The lowest BCUT2D eigenvalue weighted by molar-refractivity contribution is -0.143. The van der Waals surface area contributed by atoms with Gasteiger partial charge >= 0.3 is 5.97 Å². The van der Waals surface area contributed by atoms with Crippen LogP contribution in [0.2, 0.25) is 0 Å². The van der Waals surface area contributed by atoms with E-state index in [-0.39, 0.29) is 5.97 Å². The standard InChI is InChI=1S/C14H17N3O2/c1-19-14(18)13(7-12-9-15-10-17-12)16-8-11-5-3-2-4-6-11/h2-6,9-10,13,16H,7-8H2,1H3,(H,15,17). The first-order chi connectivity index (χ1) is 9.29. The molecular weight excluding hydrogens is 242 g/mol. The molecule has 2 N–H and O–H groups in total. The molecule has 1 aromatic carbocycles. The summed E-state index contributed by atoms with van der Waals surface area (Å²) in [6, 6.07) is 9.53. The molecule has 0 aliphatic heterocycles. The number of hydrogen-bond donors (Lipinski definition) is 2. The quantitative estimate of drug-likeness (QED) is 0.767. The summed E-state index contributed by atoms with van der Waals surface area (Å²) in [5, 5.41) is 3.20. The van der Waals surface area contributed by atoms with Crippen molar-refractivity contribution in [3.63, 3.8) is 0 Å². The Morgan fingerprint density at radius 3 is 2.84 bits per heavy atom. The van der Waals surface area contributed by atoms with Crippen molar-refractivity contribution in [2.24, 2.45) is 0 Å². The van der Waals surface area contributed by atoms with Gasteiger partial charge in [-0.25, -0.2) is 4.98 Å². The molecule has 2 rings (SSSR count). The van der Waals surface area contributed by atoms with Gasteiger partial charge in [-0.15, -0.1) is 0 Å². The van der Waals surface area contributed by atoms with Gasteiger partial charge in [-0.1, -0.05) is 30.3 Å². The third-order valence-corrected chi connectivity index (χ3v) is 2.85. The van der Waals surface area contributed by atoms with Crippen LogP contribution in [-0.4, -0.2) is 29.1 Å². The number of imidazole rings is 1. The van der Waals surface area contributed by atoms with Gasteiger partial charge in [0.2, 0.25) is 0 Å². The number of aromatic amines is 1. The maximum atomic E-state index is 11.7. The van der Waals surface area contributed by atoms with Crippen LogP contribution in [0.25, 0.3) is 0 Å². The van der Waals surface area contributed by atoms with Crippen LogP contribution in [0.3, 0.4) is 0 Å². The first kappa shape index (κ1) is 13.3. The van der Waals surface area contributed by atoms with Crippen LogP contribution in [0.5, 0.6) is 0 Å². The van der Waals surface area contributed by atoms with Crippen molar-refractivity contribution in [2.75, 3.05) is 7.11 Å². The normalized spacial score (nSPS) is 12.1. The lowest BCUT2D eigenvalue weighted by Gasteiger charge is -2.15. The van der Waals surface area contributed by atoms with Crippen LogP contribution >= 0.6 is 0 Å². The highest BCUT2D eigenvalue weighted by atomic mass is 16.5. The molecule has 100 valence electrons. The maximum absolute atomic E-state index is 11.7. The molecule has 0 radical (unpaired) electrons. The van der Waals surface area contributed by atoms with E-state index in [4.69, 9.17) is 4.74 Å². The zero-order valence-corrected chi connectivity index (χ0v) is 10.8. The average molecular weight is 259 g/mol. The van der Waals surface area contributed by atoms with Crippen LogP contribution in [0.1, 0.15) is 11.3 Å². The zero-order valence-electron chi connectivity index (χ0n) is 10.8. The van der Waals surface area contributed by atoms with E-state index in [1.54, 1.807) is 12.5 Å². The molecule has 0 bridgehead atoms. The largest absolute Gasteiger partial charge is 0.468 e. The van der Waals surface area contributed by atoms with Gasteiger partial charge in [0.05, 0.1) is 19.1 Å². The van der Waals surface area contributed by atoms with Crippen molar-refractivity contribution in [1.82, 2.24) is 15.3 Å². The Hall–Kier alpha value is -2.14. The Morgan fingerprint density at radius 1 is 1.42 bits per heavy atom. The summed E-state index contributed by atoms with van der Waals surface area (Å²) < 4.78 is 4.81. The predicted molar refractivity (Wildman–Crippen MR) is 71.4 cm³/mol. The van der Waals surface area contributed by atoms with Crippen molar-refractivity contribution in [3.8, 4) is 0 Å². The number of esters is 1. The molecule has 5 heteroatoms. The third-order valence-electron chi connectivity index (χ3n) is 2.85. The predicted octanol–water partition coefficient (Wildman–Crippen LogP) is 1.28. The molecule has 19 heavy (non-hydrogen) atoms. The van der Waals surface area contributed by atoms with Crippen molar-refractivity contribution in [3.05, 3.63) is 54.1 Å². The van der Waals surface area contributed by atoms with Crippen LogP contribution in [0.15, 0.2) is 42.9 Å². The Kier molecular flexibility index (Phi) is 4.69. The fraction of sp³-hybridized carbons (Fsp3) is 0.286. The van der Waals surface area contributed by atoms with E-state index < -0.39 is 6.04 Å². The number of nitrogens with one attached hydrogen (secondary N) is 2. The van der Waals surface area contributed by atoms with Crippen molar-refractivity contribution in [2.45, 2.75) is 19.0 Å². The van der Waals surface area contributed by atoms with E-state index >= 15 is 0 Å². The maximum Gasteiger partial charge on any atom is 0.323 e. The Bertz CT molecular complexity index is 497. The summed E-state index contributed by atoms with van der Waals surface area (Å²) in [5.41, 5.74) is 1.95. The molecule has 1 atom stereocenters. The Balaban J connectivity index is 1.96. The van der Waals surface area contributed by atoms with E-state index in [2.05, 4.69) is 15.3 Å². The molecule has 0 amide bonds. The number of H-pyrrole nitrogens is 1. The van der Waals surface area contributed by atoms with Crippen molar-refractivity contribution < 1.29 is 9.53 Å². The number of hydrogen-bond acceptors (Lipinski definition) is 4. The molecule has 0 fully saturated rings. The lowest BCUT2D eigenvalue weighted by Crippen LogP contribution is -2.39. The van der Waals surface area contributed by atoms with E-state index in [0.29, 0.717) is 13.0 Å². The highest BCUT2D eigenvalue weighted by molar-refractivity contribution is 5.75. The molecular formula is C14H17N3O2. The molecule has 0 saturated carbocycles. The molecule has 0 spiro atoms. The van der Waals surface area contributed by atoms with Gasteiger partial charge < -0.3 is 9.72 Å². The van der Waals surface area contributed by atoms with E-state index in [9.17, 15) is 4.79 Å². The van der Waals surface area contributed by atoms with Crippen LogP contribution in [-0.2, 0) is 22.5 Å². The van der Waals surface area contributed by atoms with Gasteiger partial charge in [0, 0.05) is 19.2 Å². The highest BCUT2D eigenvalue weighted by Gasteiger charge is 2.19. The zero-order chi connectivity index (χ0) is 13.5. The smallest absolute Gasteiger partial charge is 0.323 e. The lowest BCUT2D eigenvalue weighted by atomic mass is 10.1. The van der Waals surface area contributed by atoms with Crippen molar-refractivity contribution in [1.29, 1.82) is 0 Å². The number of aromatic nitrogens is 2. The Labute approximate surface area is 112 Å². The van der Waals surface area contributed by atoms with Gasteiger partial charge in [-0.3, -0.25) is 10.1 Å². The summed E-state index contributed by atoms with van der Waals surface area (Å²) in [6.07, 6.45) is 3.88. The van der Waals surface area contributed by atoms with E-state index in [1.807, 2.05) is 30.3 Å². The summed E-state index contributed by atoms with van der Waals surface area (Å²) in [4.78, 5) is 18.7. The molecule has 5 nitrogen and oxygen atoms in total. The summed E-state index contributed by atoms with van der Waals surface area (Å²) in [6.45, 7) is 0.616. The number of benzene rings is 1. The minimum atomic E-state index is -0.395. The number of rotatable bonds is 6. The molecule has 0 aliphatic carbocycles. The molecule has 1 unspecified atom stereocenters. The molecule has 1 aromatic heterocycles. The number of carbonyl (C=O) groups is 1. The number of ether oxygens (including phenoxy) is 1. The van der Waals surface area contributed by atoms with Crippen LogP contribution in [0.4, 0.5) is 0 Å². The second-order valence-electron chi connectivity index (χ2n) is 4.21. The van der Waals surface area contributed by atoms with Gasteiger partial charge in [0.1, 0.15) is 6.04 Å². The fourth-order valence-corrected chi connectivity index (χ4v) is 1.83. The molecule has 2 aromatic rings. The molecule has 1 heterocycles. The van der Waals surface area contributed by atoms with Crippen LogP contribution in [0, 0.1) is 0 Å². The highest BCUT2D eigenvalue weighted by Crippen LogP contribution is 2.03. The van der Waals surface area contributed by atoms with Gasteiger partial charge in [-0.2, -0.15) is 0 Å². The molecule has 0 saturated heterocycles. The Morgan fingerprint density at radius 2 is 2.21 bits per heavy atom. The summed E-state index contributed by atoms with van der Waals surface area (Å²) in [7, 11) is 1.39. The second-order valence-corrected chi connectivity index (χ2v) is 4.21. The fourth-order valence-electron chi connectivity index (χ4n) is 1.83. The average Bonchev–Trinajstić information content (AvgIpc) is 2.96.